The van der Waals surface area contributed by atoms with Crippen LogP contribution in [0.3, 0.4) is 0 Å². The van der Waals surface area contributed by atoms with Gasteiger partial charge in [0, 0.05) is 12.0 Å². The molecule has 0 aromatic heterocycles. The highest BCUT2D eigenvalue weighted by molar-refractivity contribution is 6.30. The van der Waals surface area contributed by atoms with Crippen LogP contribution in [-0.4, -0.2) is 23.5 Å². The van der Waals surface area contributed by atoms with Crippen molar-refractivity contribution in [2.24, 2.45) is 11.8 Å². The Morgan fingerprint density at radius 1 is 1.25 bits per heavy atom. The molecule has 4 nitrogen and oxygen atoms in total. The summed E-state index contributed by atoms with van der Waals surface area (Å²) < 4.78 is 14.5. The monoisotopic (exact) mass is 353 g/mol. The summed E-state index contributed by atoms with van der Waals surface area (Å²) in [5.74, 6) is -2.62. The fraction of sp³-hybridized carbons (Fsp3) is 0.556. The molecule has 2 unspecified atom stereocenters. The Labute approximate surface area is 145 Å². The van der Waals surface area contributed by atoms with Crippen LogP contribution in [0.25, 0.3) is 0 Å². The Kier molecular flexibility index (Phi) is 4.81. The van der Waals surface area contributed by atoms with Crippen molar-refractivity contribution in [2.45, 2.75) is 43.9 Å². The molecule has 0 radical (unpaired) electrons. The molecular formula is C18H21ClFNO3. The molecule has 2 fully saturated rings. The molecule has 24 heavy (non-hydrogen) atoms. The van der Waals surface area contributed by atoms with Gasteiger partial charge in [0.2, 0.25) is 5.91 Å². The third-order valence-electron chi connectivity index (χ3n) is 5.61. The highest BCUT2D eigenvalue weighted by atomic mass is 35.5. The maximum atomic E-state index is 14.5. The van der Waals surface area contributed by atoms with E-state index in [1.165, 1.54) is 6.07 Å². The number of carbonyl (C=O) groups excluding carboxylic acids is 1. The molecule has 0 bridgehead atoms. The average Bonchev–Trinajstić information content (AvgIpc) is 2.96. The molecule has 2 N–H and O–H groups in total. The van der Waals surface area contributed by atoms with E-state index in [0.29, 0.717) is 24.9 Å². The summed E-state index contributed by atoms with van der Waals surface area (Å²) in [7, 11) is 0. The van der Waals surface area contributed by atoms with Crippen molar-refractivity contribution in [3.8, 4) is 0 Å². The average molecular weight is 354 g/mol. The Balaban J connectivity index is 1.74. The van der Waals surface area contributed by atoms with E-state index in [1.54, 1.807) is 12.1 Å². The lowest BCUT2D eigenvalue weighted by molar-refractivity contribution is -0.152. The number of nitrogens with one attached hydrogen (secondary N) is 1. The van der Waals surface area contributed by atoms with Gasteiger partial charge in [0.25, 0.3) is 0 Å². The van der Waals surface area contributed by atoms with Crippen molar-refractivity contribution >= 4 is 23.5 Å². The second-order valence-electron chi connectivity index (χ2n) is 6.94. The molecule has 2 aliphatic carbocycles. The molecule has 130 valence electrons. The zero-order valence-electron chi connectivity index (χ0n) is 13.4. The minimum Gasteiger partial charge on any atom is -0.481 e. The molecule has 2 saturated carbocycles. The van der Waals surface area contributed by atoms with E-state index in [4.69, 9.17) is 16.7 Å². The smallest absolute Gasteiger partial charge is 0.307 e. The maximum Gasteiger partial charge on any atom is 0.307 e. The zero-order chi connectivity index (χ0) is 17.3. The molecule has 1 aromatic carbocycles. The number of carboxylic acids is 1. The predicted octanol–water partition coefficient (Wildman–Crippen LogP) is 3.52. The number of hydrogen-bond donors (Lipinski definition) is 2. The minimum absolute atomic E-state index is 0.0926. The van der Waals surface area contributed by atoms with Crippen LogP contribution >= 0.6 is 11.6 Å². The third-order valence-corrected chi connectivity index (χ3v) is 5.90. The lowest BCUT2D eigenvalue weighted by atomic mass is 9.72. The largest absolute Gasteiger partial charge is 0.481 e. The van der Waals surface area contributed by atoms with Crippen LogP contribution in [0.4, 0.5) is 4.39 Å². The number of carboxylic acid groups (broad SMARTS) is 1. The Morgan fingerprint density at radius 2 is 1.92 bits per heavy atom. The molecule has 2 atom stereocenters. The summed E-state index contributed by atoms with van der Waals surface area (Å²) in [5, 5.41) is 12.1. The number of amides is 1. The first-order valence-electron chi connectivity index (χ1n) is 8.40. The first-order valence-corrected chi connectivity index (χ1v) is 8.77. The van der Waals surface area contributed by atoms with Crippen molar-refractivity contribution in [3.63, 3.8) is 0 Å². The molecule has 2 aliphatic rings. The van der Waals surface area contributed by atoms with Crippen molar-refractivity contribution in [1.29, 1.82) is 0 Å². The van der Waals surface area contributed by atoms with E-state index in [9.17, 15) is 14.0 Å². The van der Waals surface area contributed by atoms with Gasteiger partial charge in [-0.1, -0.05) is 36.6 Å². The summed E-state index contributed by atoms with van der Waals surface area (Å²) in [6, 6.07) is 4.99. The van der Waals surface area contributed by atoms with Crippen LogP contribution in [-0.2, 0) is 15.0 Å². The Bertz CT molecular complexity index is 658. The van der Waals surface area contributed by atoms with Gasteiger partial charge in [-0.2, -0.15) is 0 Å². The van der Waals surface area contributed by atoms with Crippen molar-refractivity contribution in [2.75, 3.05) is 6.54 Å². The number of halogens is 2. The summed E-state index contributed by atoms with van der Waals surface area (Å²) in [6.07, 6.45) is 4.67. The quantitative estimate of drug-likeness (QED) is 0.851. The topological polar surface area (TPSA) is 66.4 Å². The number of carbonyl (C=O) groups is 2. The van der Waals surface area contributed by atoms with Crippen LogP contribution in [0, 0.1) is 17.7 Å². The first kappa shape index (κ1) is 17.2. The van der Waals surface area contributed by atoms with Crippen LogP contribution in [0.2, 0.25) is 5.02 Å². The van der Waals surface area contributed by atoms with Gasteiger partial charge < -0.3 is 10.4 Å². The fourth-order valence-electron chi connectivity index (χ4n) is 4.00. The van der Waals surface area contributed by atoms with Gasteiger partial charge in [0.05, 0.1) is 16.9 Å². The lowest BCUT2D eigenvalue weighted by Crippen LogP contribution is -2.47. The van der Waals surface area contributed by atoms with E-state index >= 15 is 0 Å². The number of hydrogen-bond acceptors (Lipinski definition) is 2. The van der Waals surface area contributed by atoms with E-state index in [1.807, 2.05) is 0 Å². The van der Waals surface area contributed by atoms with Gasteiger partial charge in [-0.25, -0.2) is 4.39 Å². The van der Waals surface area contributed by atoms with Crippen LogP contribution in [0.15, 0.2) is 18.2 Å². The van der Waals surface area contributed by atoms with E-state index in [-0.39, 0.29) is 10.9 Å². The molecule has 1 aromatic rings. The minimum atomic E-state index is -0.919. The normalized spacial score (nSPS) is 25.1. The highest BCUT2D eigenvalue weighted by Crippen LogP contribution is 2.43. The SMILES string of the molecule is O=C(O)C1CCC1C(=O)NCC1(c2cccc(Cl)c2F)CCCC1. The van der Waals surface area contributed by atoms with E-state index < -0.39 is 29.0 Å². The van der Waals surface area contributed by atoms with Gasteiger partial charge in [0.15, 0.2) is 0 Å². The summed E-state index contributed by atoms with van der Waals surface area (Å²) >= 11 is 5.93. The van der Waals surface area contributed by atoms with Gasteiger partial charge >= 0.3 is 5.97 Å². The summed E-state index contributed by atoms with van der Waals surface area (Å²) in [4.78, 5) is 23.4. The number of benzene rings is 1. The molecule has 1 amide bonds. The lowest BCUT2D eigenvalue weighted by Gasteiger charge is -2.35. The fourth-order valence-corrected chi connectivity index (χ4v) is 4.18. The summed E-state index contributed by atoms with van der Waals surface area (Å²) in [5.41, 5.74) is 0.101. The van der Waals surface area contributed by atoms with Gasteiger partial charge in [-0.3, -0.25) is 9.59 Å². The van der Waals surface area contributed by atoms with E-state index in [2.05, 4.69) is 5.32 Å². The van der Waals surface area contributed by atoms with Crippen LogP contribution < -0.4 is 5.32 Å². The number of rotatable bonds is 5. The highest BCUT2D eigenvalue weighted by Gasteiger charge is 2.43. The first-order chi connectivity index (χ1) is 11.4. The van der Waals surface area contributed by atoms with Crippen LogP contribution in [0.1, 0.15) is 44.1 Å². The van der Waals surface area contributed by atoms with Crippen LogP contribution in [0.5, 0.6) is 0 Å². The second-order valence-corrected chi connectivity index (χ2v) is 7.34. The standard InChI is InChI=1S/C18H21ClFNO3/c19-14-5-3-4-13(15(14)20)18(8-1-2-9-18)10-21-16(22)11-6-7-12(11)17(23)24/h3-5,11-12H,1-2,6-10H2,(H,21,22)(H,23,24). The zero-order valence-corrected chi connectivity index (χ0v) is 14.1. The molecule has 6 heteroatoms. The molecule has 0 saturated heterocycles. The van der Waals surface area contributed by atoms with Crippen molar-refractivity contribution in [1.82, 2.24) is 5.32 Å². The predicted molar refractivity (Wildman–Crippen MR) is 88.4 cm³/mol. The van der Waals surface area contributed by atoms with Crippen molar-refractivity contribution < 1.29 is 19.1 Å². The molecule has 0 spiro atoms. The Hall–Kier alpha value is -1.62. The molecule has 3 rings (SSSR count). The van der Waals surface area contributed by atoms with E-state index in [0.717, 1.165) is 25.7 Å². The maximum absolute atomic E-state index is 14.5. The van der Waals surface area contributed by atoms with Gasteiger partial charge in [-0.15, -0.1) is 0 Å². The Morgan fingerprint density at radius 3 is 2.50 bits per heavy atom. The second kappa shape index (κ2) is 6.71. The van der Waals surface area contributed by atoms with Crippen molar-refractivity contribution in [3.05, 3.63) is 34.6 Å². The number of aliphatic carboxylic acids is 1. The molecule has 0 heterocycles. The molecular weight excluding hydrogens is 333 g/mol. The summed E-state index contributed by atoms with van der Waals surface area (Å²) in [6.45, 7) is 0.325. The molecule has 0 aliphatic heterocycles. The third kappa shape index (κ3) is 3.02. The van der Waals surface area contributed by atoms with Gasteiger partial charge in [-0.05, 0) is 37.3 Å². The van der Waals surface area contributed by atoms with Gasteiger partial charge in [0.1, 0.15) is 5.82 Å².